The van der Waals surface area contributed by atoms with Crippen LogP contribution < -0.4 is 10.6 Å². The van der Waals surface area contributed by atoms with E-state index in [2.05, 4.69) is 22.5 Å². The number of nitrogens with one attached hydrogen (secondary N) is 2. The fourth-order valence-corrected chi connectivity index (χ4v) is 6.57. The minimum Gasteiger partial charge on any atom is -0.391 e. The monoisotopic (exact) mass is 623 g/mol. The van der Waals surface area contributed by atoms with E-state index in [1.54, 1.807) is 46.8 Å². The van der Waals surface area contributed by atoms with E-state index in [0.29, 0.717) is 54.7 Å². The minimum atomic E-state index is -0.426. The number of anilines is 1. The van der Waals surface area contributed by atoms with Gasteiger partial charge >= 0.3 is 0 Å². The van der Waals surface area contributed by atoms with Crippen molar-refractivity contribution in [1.82, 2.24) is 20.1 Å². The van der Waals surface area contributed by atoms with Crippen LogP contribution in [0.1, 0.15) is 72.4 Å². The molecular weight excluding hydrogens is 583 g/mol. The van der Waals surface area contributed by atoms with Gasteiger partial charge in [0.1, 0.15) is 0 Å². The third kappa shape index (κ3) is 9.12. The SMILES string of the molecule is CCCC(O)C(C)(C)NCc1ccc(C(=O)Nc2ncc(SCc3cccc(C(=O)N4CCN(C(C)=O)CC4)c3)s2)cc1. The van der Waals surface area contributed by atoms with Crippen LogP contribution in [0.15, 0.2) is 58.9 Å². The zero-order valence-electron chi connectivity index (χ0n) is 25.3. The number of carbonyl (C=O) groups is 3. The van der Waals surface area contributed by atoms with E-state index < -0.39 is 11.6 Å². The van der Waals surface area contributed by atoms with E-state index in [1.807, 2.05) is 50.2 Å². The van der Waals surface area contributed by atoms with Gasteiger partial charge in [-0.1, -0.05) is 48.9 Å². The molecule has 43 heavy (non-hydrogen) atoms. The van der Waals surface area contributed by atoms with Crippen molar-refractivity contribution >= 4 is 46.0 Å². The van der Waals surface area contributed by atoms with Crippen molar-refractivity contribution in [2.75, 3.05) is 31.5 Å². The number of aromatic nitrogens is 1. The Labute approximate surface area is 262 Å². The fourth-order valence-electron chi connectivity index (χ4n) is 4.76. The number of hydrogen-bond donors (Lipinski definition) is 3. The molecule has 1 aliphatic heterocycles. The van der Waals surface area contributed by atoms with E-state index in [9.17, 15) is 19.5 Å². The van der Waals surface area contributed by atoms with Crippen LogP contribution in [0.4, 0.5) is 5.13 Å². The van der Waals surface area contributed by atoms with Crippen molar-refractivity contribution in [2.45, 2.75) is 68.7 Å². The molecule has 0 radical (unpaired) electrons. The first kappa shape index (κ1) is 32.7. The van der Waals surface area contributed by atoms with Crippen molar-refractivity contribution in [3.63, 3.8) is 0 Å². The standard InChI is InChI=1S/C32H41N5O4S2/c1-5-7-27(39)32(3,4)34-19-23-10-12-25(13-11-23)29(40)35-31-33-20-28(43-31)42-21-24-8-6-9-26(18-24)30(41)37-16-14-36(15-17-37)22(2)38/h6,8-13,18,20,27,34,39H,5,7,14-17,19,21H2,1-4H3,(H,33,35,40). The maximum Gasteiger partial charge on any atom is 0.257 e. The van der Waals surface area contributed by atoms with Gasteiger partial charge in [-0.3, -0.25) is 19.7 Å². The lowest BCUT2D eigenvalue weighted by atomic mass is 9.93. The highest BCUT2D eigenvalue weighted by Crippen LogP contribution is 2.31. The average molecular weight is 624 g/mol. The molecule has 9 nitrogen and oxygen atoms in total. The third-order valence-electron chi connectivity index (χ3n) is 7.63. The molecule has 1 atom stereocenters. The zero-order valence-corrected chi connectivity index (χ0v) is 26.9. The number of thiazole rings is 1. The number of carbonyl (C=O) groups excluding carboxylic acids is 3. The Kier molecular flexibility index (Phi) is 11.4. The maximum absolute atomic E-state index is 13.0. The summed E-state index contributed by atoms with van der Waals surface area (Å²) in [5, 5.41) is 17.2. The van der Waals surface area contributed by atoms with Gasteiger partial charge in [-0.15, -0.1) is 11.8 Å². The van der Waals surface area contributed by atoms with Gasteiger partial charge in [0.05, 0.1) is 16.5 Å². The Bertz CT molecular complexity index is 1400. The summed E-state index contributed by atoms with van der Waals surface area (Å²) in [5.74, 6) is 0.465. The molecule has 1 fully saturated rings. The lowest BCUT2D eigenvalue weighted by molar-refractivity contribution is -0.130. The Morgan fingerprint density at radius 3 is 2.40 bits per heavy atom. The number of benzene rings is 2. The molecule has 11 heteroatoms. The predicted molar refractivity (Wildman–Crippen MR) is 173 cm³/mol. The van der Waals surface area contributed by atoms with Crippen molar-refractivity contribution in [2.24, 2.45) is 0 Å². The Morgan fingerprint density at radius 1 is 1.02 bits per heavy atom. The molecule has 1 aromatic heterocycles. The van der Waals surface area contributed by atoms with Gasteiger partial charge in [0.2, 0.25) is 5.91 Å². The van der Waals surface area contributed by atoms with Crippen molar-refractivity contribution in [3.05, 3.63) is 77.0 Å². The molecule has 1 saturated heterocycles. The summed E-state index contributed by atoms with van der Waals surface area (Å²) in [4.78, 5) is 45.3. The Morgan fingerprint density at radius 2 is 1.72 bits per heavy atom. The second-order valence-electron chi connectivity index (χ2n) is 11.3. The molecule has 3 amide bonds. The first-order valence-electron chi connectivity index (χ1n) is 14.6. The van der Waals surface area contributed by atoms with Crippen LogP contribution >= 0.6 is 23.1 Å². The highest BCUT2D eigenvalue weighted by atomic mass is 32.2. The van der Waals surface area contributed by atoms with Crippen molar-refractivity contribution in [3.8, 4) is 0 Å². The maximum atomic E-state index is 13.0. The largest absolute Gasteiger partial charge is 0.391 e. The summed E-state index contributed by atoms with van der Waals surface area (Å²) in [6.45, 7) is 10.4. The summed E-state index contributed by atoms with van der Waals surface area (Å²) < 4.78 is 0.960. The number of aliphatic hydroxyl groups excluding tert-OH is 1. The molecule has 4 rings (SSSR count). The second-order valence-corrected chi connectivity index (χ2v) is 13.6. The van der Waals surface area contributed by atoms with E-state index in [4.69, 9.17) is 0 Å². The van der Waals surface area contributed by atoms with Crippen LogP contribution in [0.2, 0.25) is 0 Å². The van der Waals surface area contributed by atoms with Gasteiger partial charge in [0.15, 0.2) is 5.13 Å². The van der Waals surface area contributed by atoms with Crippen molar-refractivity contribution in [1.29, 1.82) is 0 Å². The molecule has 0 bridgehead atoms. The Balaban J connectivity index is 1.26. The highest BCUT2D eigenvalue weighted by Gasteiger charge is 2.26. The fraction of sp³-hybridized carbons (Fsp3) is 0.438. The van der Waals surface area contributed by atoms with E-state index in [0.717, 1.165) is 28.2 Å². The molecule has 0 saturated carbocycles. The molecule has 0 aliphatic carbocycles. The van der Waals surface area contributed by atoms with Crippen molar-refractivity contribution < 1.29 is 19.5 Å². The average Bonchev–Trinajstić information content (AvgIpc) is 3.46. The van der Waals surface area contributed by atoms with Crippen LogP contribution in [-0.2, 0) is 17.1 Å². The summed E-state index contributed by atoms with van der Waals surface area (Å²) in [7, 11) is 0. The number of piperazine rings is 1. The number of thioether (sulfide) groups is 1. The first-order chi connectivity index (χ1) is 20.6. The van der Waals surface area contributed by atoms with E-state index in [1.165, 1.54) is 11.3 Å². The molecule has 3 N–H and O–H groups in total. The summed E-state index contributed by atoms with van der Waals surface area (Å²) >= 11 is 3.01. The third-order valence-corrected chi connectivity index (χ3v) is 9.81. The van der Waals surface area contributed by atoms with Gasteiger partial charge in [-0.25, -0.2) is 4.98 Å². The highest BCUT2D eigenvalue weighted by molar-refractivity contribution is 8.00. The molecule has 0 spiro atoms. The second kappa shape index (κ2) is 15.0. The topological polar surface area (TPSA) is 115 Å². The lowest BCUT2D eigenvalue weighted by Crippen LogP contribution is -2.50. The number of aliphatic hydroxyl groups is 1. The van der Waals surface area contributed by atoms with Gasteiger partial charge in [0, 0.05) is 62.1 Å². The number of nitrogens with zero attached hydrogens (tertiary/aromatic N) is 3. The van der Waals surface area contributed by atoms with Crippen LogP contribution in [0.5, 0.6) is 0 Å². The molecule has 1 unspecified atom stereocenters. The number of hydrogen-bond acceptors (Lipinski definition) is 8. The zero-order chi connectivity index (χ0) is 31.0. The van der Waals surface area contributed by atoms with Gasteiger partial charge < -0.3 is 20.2 Å². The molecule has 3 aromatic rings. The minimum absolute atomic E-state index is 0.0169. The number of amides is 3. The first-order valence-corrected chi connectivity index (χ1v) is 16.4. The molecule has 2 aromatic carbocycles. The summed E-state index contributed by atoms with van der Waals surface area (Å²) in [6, 6.07) is 15.1. The van der Waals surface area contributed by atoms with Crippen LogP contribution in [0.3, 0.4) is 0 Å². The van der Waals surface area contributed by atoms with E-state index in [-0.39, 0.29) is 17.7 Å². The molecule has 230 valence electrons. The summed E-state index contributed by atoms with van der Waals surface area (Å²) in [6.07, 6.45) is 2.99. The van der Waals surface area contributed by atoms with Gasteiger partial charge in [-0.2, -0.15) is 0 Å². The summed E-state index contributed by atoms with van der Waals surface area (Å²) in [5.41, 5.74) is 2.84. The predicted octanol–water partition coefficient (Wildman–Crippen LogP) is 5.02. The lowest BCUT2D eigenvalue weighted by Gasteiger charge is -2.34. The van der Waals surface area contributed by atoms with Gasteiger partial charge in [0.25, 0.3) is 11.8 Å². The smallest absolute Gasteiger partial charge is 0.257 e. The number of rotatable bonds is 12. The van der Waals surface area contributed by atoms with Crippen LogP contribution in [-0.4, -0.2) is 75.4 Å². The molecule has 2 heterocycles. The van der Waals surface area contributed by atoms with Crippen LogP contribution in [0, 0.1) is 0 Å². The molecule has 1 aliphatic rings. The van der Waals surface area contributed by atoms with Gasteiger partial charge in [-0.05, 0) is 55.7 Å². The van der Waals surface area contributed by atoms with Crippen LogP contribution in [0.25, 0.3) is 0 Å². The van der Waals surface area contributed by atoms with E-state index >= 15 is 0 Å². The quantitative estimate of drug-likeness (QED) is 0.243. The Hall–Kier alpha value is -3.25. The normalized spacial score (nSPS) is 14.4. The molecular formula is C32H41N5O4S2.